The molecule has 0 spiro atoms. The van der Waals surface area contributed by atoms with Crippen LogP contribution in [0.1, 0.15) is 10.4 Å². The van der Waals surface area contributed by atoms with E-state index >= 15 is 0 Å². The van der Waals surface area contributed by atoms with Gasteiger partial charge in [-0.05, 0) is 24.3 Å². The molecule has 0 aliphatic carbocycles. The monoisotopic (exact) mass is 308 g/mol. The van der Waals surface area contributed by atoms with Crippen molar-refractivity contribution in [3.63, 3.8) is 0 Å². The maximum Gasteiger partial charge on any atom is 0.131 e. The number of carboxylic acid groups (broad SMARTS) is 1. The van der Waals surface area contributed by atoms with Gasteiger partial charge in [-0.25, -0.2) is 4.98 Å². The fourth-order valence-corrected chi connectivity index (χ4v) is 2.49. The van der Waals surface area contributed by atoms with Crippen molar-refractivity contribution in [2.45, 2.75) is 0 Å². The van der Waals surface area contributed by atoms with E-state index < -0.39 is 5.97 Å². The predicted molar refractivity (Wildman–Crippen MR) is 84.6 cm³/mol. The molecule has 5 nitrogen and oxygen atoms in total. The number of nitrogens with zero attached hydrogens (tertiary/aromatic N) is 1. The average molecular weight is 308 g/mol. The maximum absolute atomic E-state index is 11.5. The van der Waals surface area contributed by atoms with Gasteiger partial charge in [-0.1, -0.05) is 18.2 Å². The van der Waals surface area contributed by atoms with E-state index in [2.05, 4.69) is 4.98 Å². The summed E-state index contributed by atoms with van der Waals surface area (Å²) >= 11 is 0. The molecule has 0 atom stereocenters. The van der Waals surface area contributed by atoms with Gasteiger partial charge in [0.15, 0.2) is 0 Å². The minimum Gasteiger partial charge on any atom is -0.545 e. The van der Waals surface area contributed by atoms with Crippen molar-refractivity contribution >= 4 is 16.9 Å². The fraction of sp³-hybridized carbons (Fsp3) is 0.111. The summed E-state index contributed by atoms with van der Waals surface area (Å²) in [4.78, 5) is 16.0. The number of fused-ring (bicyclic) bond motifs is 1. The quantitative estimate of drug-likeness (QED) is 0.739. The third-order valence-electron chi connectivity index (χ3n) is 3.62. The van der Waals surface area contributed by atoms with Gasteiger partial charge in [-0.15, -0.1) is 0 Å². The second-order valence-corrected chi connectivity index (χ2v) is 4.93. The summed E-state index contributed by atoms with van der Waals surface area (Å²) in [6.07, 6.45) is 0. The first-order valence-corrected chi connectivity index (χ1v) is 6.97. The van der Waals surface area contributed by atoms with Crippen LogP contribution >= 0.6 is 0 Å². The summed E-state index contributed by atoms with van der Waals surface area (Å²) in [7, 11) is 3.11. The topological polar surface area (TPSA) is 71.5 Å². The van der Waals surface area contributed by atoms with Crippen molar-refractivity contribution in [1.82, 2.24) is 4.98 Å². The zero-order valence-corrected chi connectivity index (χ0v) is 12.7. The Morgan fingerprint density at radius 2 is 1.83 bits per heavy atom. The SMILES string of the molecule is COc1ccc(-c2cc(C(=O)[O-])c3ccccc3n2)c(OC)c1. The average Bonchev–Trinajstić information content (AvgIpc) is 2.59. The van der Waals surface area contributed by atoms with Crippen LogP contribution in [0, 0.1) is 0 Å². The third kappa shape index (κ3) is 2.68. The standard InChI is InChI=1S/C18H15NO4/c1-22-11-7-8-13(17(9-11)23-2)16-10-14(18(20)21)12-5-3-4-6-15(12)19-16/h3-10H,1-2H3,(H,20,21)/p-1. The van der Waals surface area contributed by atoms with Crippen molar-refractivity contribution in [1.29, 1.82) is 0 Å². The molecule has 2 aromatic carbocycles. The number of hydrogen-bond donors (Lipinski definition) is 0. The summed E-state index contributed by atoms with van der Waals surface area (Å²) in [5, 5.41) is 12.0. The van der Waals surface area contributed by atoms with Crippen molar-refractivity contribution < 1.29 is 19.4 Å². The van der Waals surface area contributed by atoms with E-state index in [0.29, 0.717) is 33.7 Å². The van der Waals surface area contributed by atoms with E-state index in [1.807, 2.05) is 6.07 Å². The van der Waals surface area contributed by atoms with Crippen LogP contribution in [0.5, 0.6) is 11.5 Å². The van der Waals surface area contributed by atoms with Crippen molar-refractivity contribution in [2.24, 2.45) is 0 Å². The molecule has 0 aliphatic rings. The number of carboxylic acids is 1. The Morgan fingerprint density at radius 3 is 2.52 bits per heavy atom. The van der Waals surface area contributed by atoms with Gasteiger partial charge in [0, 0.05) is 22.6 Å². The largest absolute Gasteiger partial charge is 0.545 e. The summed E-state index contributed by atoms with van der Waals surface area (Å²) < 4.78 is 10.5. The Labute approximate surface area is 133 Å². The molecule has 5 heteroatoms. The number of hydrogen-bond acceptors (Lipinski definition) is 5. The number of carbonyl (C=O) groups excluding carboxylic acids is 1. The molecule has 0 bridgehead atoms. The highest BCUT2D eigenvalue weighted by Crippen LogP contribution is 2.34. The smallest absolute Gasteiger partial charge is 0.131 e. The lowest BCUT2D eigenvalue weighted by molar-refractivity contribution is -0.254. The summed E-state index contributed by atoms with van der Waals surface area (Å²) in [5.41, 5.74) is 1.87. The van der Waals surface area contributed by atoms with Crippen LogP contribution in [0.3, 0.4) is 0 Å². The molecule has 116 valence electrons. The molecule has 0 N–H and O–H groups in total. The maximum atomic E-state index is 11.5. The number of para-hydroxylation sites is 1. The van der Waals surface area contributed by atoms with E-state index in [4.69, 9.17) is 9.47 Å². The second kappa shape index (κ2) is 5.96. The van der Waals surface area contributed by atoms with Gasteiger partial charge in [0.25, 0.3) is 0 Å². The molecule has 0 saturated heterocycles. The van der Waals surface area contributed by atoms with Gasteiger partial charge < -0.3 is 19.4 Å². The van der Waals surface area contributed by atoms with E-state index in [0.717, 1.165) is 0 Å². The number of aromatic nitrogens is 1. The summed E-state index contributed by atoms with van der Waals surface area (Å²) in [6.45, 7) is 0. The van der Waals surface area contributed by atoms with Crippen molar-refractivity contribution in [3.8, 4) is 22.8 Å². The lowest BCUT2D eigenvalue weighted by atomic mass is 10.0. The number of carbonyl (C=O) groups is 1. The first-order valence-electron chi connectivity index (χ1n) is 6.97. The molecule has 0 saturated carbocycles. The van der Waals surface area contributed by atoms with Gasteiger partial charge in [0.1, 0.15) is 11.5 Å². The number of ether oxygens (including phenoxy) is 2. The highest BCUT2D eigenvalue weighted by Gasteiger charge is 2.12. The van der Waals surface area contributed by atoms with Crippen molar-refractivity contribution in [2.75, 3.05) is 14.2 Å². The van der Waals surface area contributed by atoms with Gasteiger partial charge in [0.05, 0.1) is 31.4 Å². The van der Waals surface area contributed by atoms with Gasteiger partial charge >= 0.3 is 0 Å². The molecular weight excluding hydrogens is 294 g/mol. The molecule has 0 fully saturated rings. The third-order valence-corrected chi connectivity index (χ3v) is 3.62. The Hall–Kier alpha value is -3.08. The minimum absolute atomic E-state index is 0.100. The molecule has 0 amide bonds. The van der Waals surface area contributed by atoms with Gasteiger partial charge in [-0.2, -0.15) is 0 Å². The lowest BCUT2D eigenvalue weighted by Gasteiger charge is -2.13. The van der Waals surface area contributed by atoms with E-state index in [9.17, 15) is 9.90 Å². The molecule has 3 aromatic rings. The molecular formula is C18H14NO4-. The Kier molecular flexibility index (Phi) is 3.85. The Morgan fingerprint density at radius 1 is 1.04 bits per heavy atom. The van der Waals surface area contributed by atoms with Gasteiger partial charge in [0.2, 0.25) is 0 Å². The number of pyridine rings is 1. The van der Waals surface area contributed by atoms with Gasteiger partial charge in [-0.3, -0.25) is 0 Å². The van der Waals surface area contributed by atoms with Crippen LogP contribution in [0.25, 0.3) is 22.2 Å². The van der Waals surface area contributed by atoms with Crippen LogP contribution in [-0.4, -0.2) is 25.2 Å². The first kappa shape index (κ1) is 14.8. The Bertz CT molecular complexity index is 889. The normalized spacial score (nSPS) is 10.5. The summed E-state index contributed by atoms with van der Waals surface area (Å²) in [6, 6.07) is 13.8. The van der Waals surface area contributed by atoms with Crippen LogP contribution in [0.4, 0.5) is 0 Å². The van der Waals surface area contributed by atoms with Crippen molar-refractivity contribution in [3.05, 3.63) is 54.1 Å². The van der Waals surface area contributed by atoms with E-state index in [1.54, 1.807) is 50.6 Å². The van der Waals surface area contributed by atoms with Crippen LogP contribution in [0.15, 0.2) is 48.5 Å². The number of aromatic carboxylic acids is 1. The fourth-order valence-electron chi connectivity index (χ4n) is 2.49. The zero-order chi connectivity index (χ0) is 16.4. The van der Waals surface area contributed by atoms with Crippen LogP contribution in [-0.2, 0) is 0 Å². The molecule has 1 aromatic heterocycles. The zero-order valence-electron chi connectivity index (χ0n) is 12.7. The first-order chi connectivity index (χ1) is 11.1. The Balaban J connectivity index is 2.26. The molecule has 0 aliphatic heterocycles. The highest BCUT2D eigenvalue weighted by molar-refractivity contribution is 6.03. The lowest BCUT2D eigenvalue weighted by Crippen LogP contribution is -2.22. The minimum atomic E-state index is -1.24. The number of rotatable bonds is 4. The number of benzene rings is 2. The van der Waals surface area contributed by atoms with Crippen LogP contribution < -0.4 is 14.6 Å². The highest BCUT2D eigenvalue weighted by atomic mass is 16.5. The van der Waals surface area contributed by atoms with E-state index in [-0.39, 0.29) is 5.56 Å². The molecule has 1 heterocycles. The van der Waals surface area contributed by atoms with E-state index in [1.165, 1.54) is 6.07 Å². The molecule has 0 radical (unpaired) electrons. The molecule has 3 rings (SSSR count). The second-order valence-electron chi connectivity index (χ2n) is 4.93. The predicted octanol–water partition coefficient (Wildman–Crippen LogP) is 2.28. The molecule has 0 unspecified atom stereocenters. The summed E-state index contributed by atoms with van der Waals surface area (Å²) in [5.74, 6) is -0.0414. The number of methoxy groups -OCH3 is 2. The van der Waals surface area contributed by atoms with Crippen LogP contribution in [0.2, 0.25) is 0 Å². The molecule has 23 heavy (non-hydrogen) atoms.